The normalized spacial score (nSPS) is 20.3. The largest absolute Gasteiger partial charge is 0.355 e. The van der Waals surface area contributed by atoms with Crippen LogP contribution in [0.3, 0.4) is 0 Å². The van der Waals surface area contributed by atoms with E-state index in [9.17, 15) is 19.7 Å². The molecule has 2 aliphatic rings. The lowest BCUT2D eigenvalue weighted by Crippen LogP contribution is -2.49. The highest BCUT2D eigenvalue weighted by Crippen LogP contribution is 2.16. The summed E-state index contributed by atoms with van der Waals surface area (Å²) in [6.07, 6.45) is 4.99. The third kappa shape index (κ3) is 5.94. The van der Waals surface area contributed by atoms with E-state index in [0.29, 0.717) is 18.7 Å². The maximum absolute atomic E-state index is 13.0. The Kier molecular flexibility index (Phi) is 7.04. The van der Waals surface area contributed by atoms with Crippen LogP contribution >= 0.6 is 0 Å². The molecule has 0 unspecified atom stereocenters. The molecule has 1 aromatic carbocycles. The Bertz CT molecular complexity index is 761. The van der Waals surface area contributed by atoms with Gasteiger partial charge in [-0.2, -0.15) is 0 Å². The summed E-state index contributed by atoms with van der Waals surface area (Å²) < 4.78 is 0. The van der Waals surface area contributed by atoms with Crippen molar-refractivity contribution in [1.82, 2.24) is 15.1 Å². The maximum atomic E-state index is 13.0. The second-order valence-corrected chi connectivity index (χ2v) is 7.36. The molecule has 2 amide bonds. The molecule has 2 saturated heterocycles. The number of carbonyl (C=O) groups excluding carboxylic acids is 2. The fraction of sp³-hybridized carbons (Fsp3) is 0.500. The van der Waals surface area contributed by atoms with Gasteiger partial charge in [0.2, 0.25) is 11.8 Å². The molecule has 1 atom stereocenters. The number of hydrogen-bond acceptors (Lipinski definition) is 6. The number of hydrogen-bond donors (Lipinski definition) is 2. The number of para-hydroxylation sites is 1. The lowest BCUT2D eigenvalue weighted by atomic mass is 10.1. The molecule has 156 valence electrons. The molecule has 0 spiro atoms. The number of nitrogens with one attached hydrogen (secondary N) is 2. The lowest BCUT2D eigenvalue weighted by Gasteiger charge is -2.27. The average Bonchev–Trinajstić information content (AvgIpc) is 3.18. The number of likely N-dealkylation sites (tertiary alicyclic amines) is 2. The Balaban J connectivity index is 1.68. The molecule has 0 aromatic heterocycles. The molecule has 0 bridgehead atoms. The van der Waals surface area contributed by atoms with E-state index in [2.05, 4.69) is 10.6 Å². The second-order valence-electron chi connectivity index (χ2n) is 7.36. The Morgan fingerprint density at radius 1 is 1.14 bits per heavy atom. The molecule has 0 radical (unpaired) electrons. The Morgan fingerprint density at radius 3 is 2.52 bits per heavy atom. The number of nitrogens with zero attached hydrogens (tertiary/aromatic N) is 3. The summed E-state index contributed by atoms with van der Waals surface area (Å²) in [5.74, 6) is -0.0774. The molecule has 2 N–H and O–H groups in total. The van der Waals surface area contributed by atoms with Gasteiger partial charge in [0.05, 0.1) is 11.5 Å². The van der Waals surface area contributed by atoms with Crippen LogP contribution in [0.15, 0.2) is 42.4 Å². The summed E-state index contributed by atoms with van der Waals surface area (Å²) in [6, 6.07) is 8.42. The summed E-state index contributed by atoms with van der Waals surface area (Å²) in [5, 5.41) is 17.0. The molecule has 1 aromatic rings. The van der Waals surface area contributed by atoms with Crippen LogP contribution in [0.4, 0.5) is 5.69 Å². The summed E-state index contributed by atoms with van der Waals surface area (Å²) in [4.78, 5) is 39.4. The van der Waals surface area contributed by atoms with Crippen molar-refractivity contribution < 1.29 is 14.5 Å². The van der Waals surface area contributed by atoms with Gasteiger partial charge in [0, 0.05) is 25.3 Å². The van der Waals surface area contributed by atoms with Crippen molar-refractivity contribution in [2.45, 2.75) is 38.1 Å². The Labute approximate surface area is 169 Å². The third-order valence-electron chi connectivity index (χ3n) is 5.18. The van der Waals surface area contributed by atoms with Crippen molar-refractivity contribution in [3.8, 4) is 0 Å². The van der Waals surface area contributed by atoms with Gasteiger partial charge in [0.15, 0.2) is 5.82 Å². The first-order chi connectivity index (χ1) is 14.0. The van der Waals surface area contributed by atoms with E-state index in [1.165, 1.54) is 0 Å². The minimum Gasteiger partial charge on any atom is -0.355 e. The van der Waals surface area contributed by atoms with E-state index in [1.54, 1.807) is 21.9 Å². The van der Waals surface area contributed by atoms with E-state index in [-0.39, 0.29) is 24.2 Å². The number of benzene rings is 1. The lowest BCUT2D eigenvalue weighted by molar-refractivity contribution is -0.403. The van der Waals surface area contributed by atoms with Gasteiger partial charge >= 0.3 is 0 Å². The molecular weight excluding hydrogens is 374 g/mol. The van der Waals surface area contributed by atoms with Gasteiger partial charge < -0.3 is 20.4 Å². The number of carbonyl (C=O) groups is 2. The molecule has 9 nitrogen and oxygen atoms in total. The first-order valence-electron chi connectivity index (χ1n) is 10.0. The van der Waals surface area contributed by atoms with Crippen molar-refractivity contribution in [1.29, 1.82) is 0 Å². The van der Waals surface area contributed by atoms with E-state index >= 15 is 0 Å². The van der Waals surface area contributed by atoms with Crippen molar-refractivity contribution in [3.63, 3.8) is 0 Å². The zero-order valence-electron chi connectivity index (χ0n) is 16.4. The Morgan fingerprint density at radius 2 is 1.83 bits per heavy atom. The van der Waals surface area contributed by atoms with Crippen molar-refractivity contribution in [3.05, 3.63) is 52.5 Å². The van der Waals surface area contributed by atoms with Crippen LogP contribution in [0.5, 0.6) is 0 Å². The first-order valence-corrected chi connectivity index (χ1v) is 10.0. The molecule has 3 rings (SSSR count). The highest BCUT2D eigenvalue weighted by atomic mass is 16.6. The molecule has 0 saturated carbocycles. The number of anilines is 1. The van der Waals surface area contributed by atoms with Gasteiger partial charge in [-0.05, 0) is 44.2 Å². The van der Waals surface area contributed by atoms with Gasteiger partial charge in [-0.3, -0.25) is 19.7 Å². The SMILES string of the molecule is O=C(CN1CCCC[C@H](NC(=C[N+](=O)[O-])Nc2ccccc2)C1=O)N1CCCC1. The highest BCUT2D eigenvalue weighted by Gasteiger charge is 2.30. The van der Waals surface area contributed by atoms with Crippen LogP contribution < -0.4 is 10.6 Å². The van der Waals surface area contributed by atoms with Crippen LogP contribution in [-0.2, 0) is 9.59 Å². The van der Waals surface area contributed by atoms with Crippen LogP contribution in [0.2, 0.25) is 0 Å². The maximum Gasteiger partial charge on any atom is 0.274 e. The summed E-state index contributed by atoms with van der Waals surface area (Å²) >= 11 is 0. The van der Waals surface area contributed by atoms with Crippen LogP contribution in [0, 0.1) is 10.1 Å². The Hall–Kier alpha value is -3.10. The summed E-state index contributed by atoms with van der Waals surface area (Å²) in [7, 11) is 0. The summed E-state index contributed by atoms with van der Waals surface area (Å²) in [6.45, 7) is 2.09. The number of rotatable bonds is 7. The predicted octanol–water partition coefficient (Wildman–Crippen LogP) is 1.77. The molecule has 29 heavy (non-hydrogen) atoms. The second kappa shape index (κ2) is 9.90. The molecule has 0 aliphatic carbocycles. The zero-order chi connectivity index (χ0) is 20.6. The van der Waals surface area contributed by atoms with E-state index in [0.717, 1.165) is 45.0 Å². The van der Waals surface area contributed by atoms with Crippen LogP contribution in [0.25, 0.3) is 0 Å². The molecule has 2 heterocycles. The molecule has 2 aliphatic heterocycles. The minimum atomic E-state index is -0.619. The summed E-state index contributed by atoms with van der Waals surface area (Å²) in [5.41, 5.74) is 0.676. The van der Waals surface area contributed by atoms with Gasteiger partial charge in [0.1, 0.15) is 6.04 Å². The zero-order valence-corrected chi connectivity index (χ0v) is 16.4. The first kappa shape index (κ1) is 20.6. The standard InChI is InChI=1S/C20H27N5O4/c26-19(23-11-6-7-12-23)15-24-13-5-4-10-17(20(24)27)22-18(14-25(28)29)21-16-8-2-1-3-9-16/h1-3,8-9,14,17,21-22H,4-7,10-13,15H2/t17-/m0/s1. The molecule has 2 fully saturated rings. The fourth-order valence-electron chi connectivity index (χ4n) is 3.70. The monoisotopic (exact) mass is 401 g/mol. The number of amides is 2. The van der Waals surface area contributed by atoms with E-state index in [4.69, 9.17) is 0 Å². The van der Waals surface area contributed by atoms with Gasteiger partial charge in [0.25, 0.3) is 6.20 Å². The smallest absolute Gasteiger partial charge is 0.274 e. The van der Waals surface area contributed by atoms with Crippen molar-refractivity contribution in [2.75, 3.05) is 31.5 Å². The van der Waals surface area contributed by atoms with Crippen LogP contribution in [0.1, 0.15) is 32.1 Å². The average molecular weight is 401 g/mol. The quantitative estimate of drug-likeness (QED) is 0.533. The van der Waals surface area contributed by atoms with Crippen molar-refractivity contribution in [2.24, 2.45) is 0 Å². The minimum absolute atomic E-state index is 0.0278. The fourth-order valence-corrected chi connectivity index (χ4v) is 3.70. The van der Waals surface area contributed by atoms with Gasteiger partial charge in [-0.1, -0.05) is 18.2 Å². The van der Waals surface area contributed by atoms with Gasteiger partial charge in [-0.25, -0.2) is 0 Å². The third-order valence-corrected chi connectivity index (χ3v) is 5.18. The topological polar surface area (TPSA) is 108 Å². The molecular formula is C20H27N5O4. The van der Waals surface area contributed by atoms with Gasteiger partial charge in [-0.15, -0.1) is 0 Å². The highest BCUT2D eigenvalue weighted by molar-refractivity contribution is 5.88. The van der Waals surface area contributed by atoms with Crippen molar-refractivity contribution >= 4 is 17.5 Å². The van der Waals surface area contributed by atoms with E-state index in [1.807, 2.05) is 18.2 Å². The molecule has 9 heteroatoms. The predicted molar refractivity (Wildman–Crippen MR) is 108 cm³/mol. The number of nitro groups is 1. The van der Waals surface area contributed by atoms with Crippen LogP contribution in [-0.4, -0.2) is 58.8 Å². The van der Waals surface area contributed by atoms with E-state index < -0.39 is 11.0 Å².